The summed E-state index contributed by atoms with van der Waals surface area (Å²) in [7, 11) is 0. The fraction of sp³-hybridized carbons (Fsp3) is 0.219. The molecule has 4 aromatic rings. The molecule has 1 fully saturated rings. The van der Waals surface area contributed by atoms with E-state index in [1.54, 1.807) is 42.5 Å². The molecule has 1 aliphatic heterocycles. The van der Waals surface area contributed by atoms with Gasteiger partial charge in [0.25, 0.3) is 0 Å². The van der Waals surface area contributed by atoms with Crippen molar-refractivity contribution in [3.63, 3.8) is 0 Å². The van der Waals surface area contributed by atoms with Gasteiger partial charge in [0.1, 0.15) is 11.9 Å². The molecule has 2 heterocycles. The topological polar surface area (TPSA) is 78.5 Å². The molecule has 5 rings (SSSR count). The molecule has 0 radical (unpaired) electrons. The Balaban J connectivity index is 1.55. The third-order valence-electron chi connectivity index (χ3n) is 7.43. The highest BCUT2D eigenvalue weighted by Gasteiger charge is 2.55. The number of rotatable bonds is 7. The van der Waals surface area contributed by atoms with Gasteiger partial charge < -0.3 is 15.5 Å². The first-order valence-corrected chi connectivity index (χ1v) is 14.5. The number of carbonyl (C=O) groups excluding carboxylic acids is 3. The van der Waals surface area contributed by atoms with Crippen molar-refractivity contribution in [1.29, 1.82) is 0 Å². The van der Waals surface area contributed by atoms with E-state index in [-0.39, 0.29) is 18.1 Å². The predicted molar refractivity (Wildman–Crippen MR) is 160 cm³/mol. The third-order valence-corrected chi connectivity index (χ3v) is 8.71. The number of hydrogen-bond donors (Lipinski definition) is 2. The molecule has 0 saturated carbocycles. The average Bonchev–Trinajstić information content (AvgIpc) is 3.59. The largest absolute Gasteiger partial charge is 0.350 e. The first-order valence-electron chi connectivity index (χ1n) is 13.2. The minimum Gasteiger partial charge on any atom is -0.350 e. The second-order valence-electron chi connectivity index (χ2n) is 10.2. The van der Waals surface area contributed by atoms with E-state index in [2.05, 4.69) is 10.6 Å². The second-order valence-corrected chi connectivity index (χ2v) is 11.6. The van der Waals surface area contributed by atoms with Crippen molar-refractivity contribution >= 4 is 46.3 Å². The molecule has 0 spiro atoms. The van der Waals surface area contributed by atoms with Crippen LogP contribution in [0.1, 0.15) is 39.3 Å². The van der Waals surface area contributed by atoms with Crippen LogP contribution in [-0.4, -0.2) is 28.7 Å². The third kappa shape index (κ3) is 6.04. The molecule has 0 aliphatic carbocycles. The van der Waals surface area contributed by atoms with Gasteiger partial charge in [-0.15, -0.1) is 11.3 Å². The Morgan fingerprint density at radius 3 is 2.41 bits per heavy atom. The Morgan fingerprint density at radius 2 is 1.73 bits per heavy atom. The van der Waals surface area contributed by atoms with Crippen LogP contribution in [0.5, 0.6) is 0 Å². The van der Waals surface area contributed by atoms with Crippen molar-refractivity contribution in [2.75, 3.05) is 5.32 Å². The number of anilines is 1. The molecule has 3 aromatic carbocycles. The van der Waals surface area contributed by atoms with Gasteiger partial charge in [-0.25, -0.2) is 9.18 Å². The lowest BCUT2D eigenvalue weighted by Crippen LogP contribution is -2.49. The summed E-state index contributed by atoms with van der Waals surface area (Å²) < 4.78 is 13.4. The van der Waals surface area contributed by atoms with Crippen LogP contribution in [-0.2, 0) is 11.3 Å². The lowest BCUT2D eigenvalue weighted by Gasteiger charge is -2.31. The van der Waals surface area contributed by atoms with Crippen molar-refractivity contribution in [1.82, 2.24) is 10.2 Å². The average molecular weight is 590 g/mol. The molecule has 1 saturated heterocycles. The summed E-state index contributed by atoms with van der Waals surface area (Å²) in [6.07, 6.45) is 0. The number of urea groups is 1. The first-order chi connectivity index (χ1) is 19.7. The summed E-state index contributed by atoms with van der Waals surface area (Å²) in [5.41, 5.74) is 2.60. The Hall–Kier alpha value is -4.01. The van der Waals surface area contributed by atoms with E-state index in [0.717, 1.165) is 10.4 Å². The number of aryl methyl sites for hydroxylation is 1. The maximum absolute atomic E-state index is 14.1. The van der Waals surface area contributed by atoms with E-state index >= 15 is 0 Å². The number of nitrogens with one attached hydrogen (secondary N) is 2. The smallest absolute Gasteiger partial charge is 0.323 e. The van der Waals surface area contributed by atoms with Crippen LogP contribution < -0.4 is 10.6 Å². The molecule has 1 aliphatic rings. The van der Waals surface area contributed by atoms with E-state index in [1.807, 2.05) is 49.6 Å². The molecule has 0 bridgehead atoms. The number of hydrogen-bond acceptors (Lipinski definition) is 4. The molecular formula is C32H29ClFN3O3S. The number of thiophene rings is 1. The van der Waals surface area contributed by atoms with Gasteiger partial charge in [0.15, 0.2) is 5.78 Å². The van der Waals surface area contributed by atoms with Crippen molar-refractivity contribution < 1.29 is 18.8 Å². The van der Waals surface area contributed by atoms with Crippen LogP contribution in [0, 0.1) is 24.6 Å². The molecule has 41 heavy (non-hydrogen) atoms. The van der Waals surface area contributed by atoms with E-state index in [1.165, 1.54) is 28.4 Å². The van der Waals surface area contributed by atoms with Crippen molar-refractivity contribution in [2.45, 2.75) is 32.5 Å². The molecule has 210 valence electrons. The van der Waals surface area contributed by atoms with Crippen LogP contribution in [0.2, 0.25) is 5.02 Å². The van der Waals surface area contributed by atoms with Crippen molar-refractivity contribution in [2.24, 2.45) is 11.8 Å². The van der Waals surface area contributed by atoms with Gasteiger partial charge in [0, 0.05) is 22.7 Å². The van der Waals surface area contributed by atoms with Gasteiger partial charge >= 0.3 is 6.03 Å². The van der Waals surface area contributed by atoms with Crippen LogP contribution in [0.15, 0.2) is 90.3 Å². The summed E-state index contributed by atoms with van der Waals surface area (Å²) in [5, 5.41) is 8.05. The van der Waals surface area contributed by atoms with Crippen molar-refractivity contribution in [3.05, 3.63) is 123 Å². The normalized spacial score (nSPS) is 20.0. The Labute approximate surface area is 247 Å². The predicted octanol–water partition coefficient (Wildman–Crippen LogP) is 7.26. The zero-order valence-electron chi connectivity index (χ0n) is 22.5. The van der Waals surface area contributed by atoms with E-state index in [0.29, 0.717) is 21.8 Å². The number of benzene rings is 3. The van der Waals surface area contributed by atoms with Crippen LogP contribution in [0.3, 0.4) is 0 Å². The zero-order chi connectivity index (χ0) is 29.1. The Bertz CT molecular complexity index is 1560. The van der Waals surface area contributed by atoms with Crippen molar-refractivity contribution in [3.8, 4) is 0 Å². The maximum atomic E-state index is 14.1. The summed E-state index contributed by atoms with van der Waals surface area (Å²) >= 11 is 7.87. The van der Waals surface area contributed by atoms with Gasteiger partial charge in [-0.1, -0.05) is 61.0 Å². The standard InChI is InChI=1S/C32H29ClFN3O3S/c1-19-7-5-8-23(17-19)36-32(40)37-28(31(39)35-18-21-12-14-22(34)15-13-21)20(2)27(29(37)26-11-6-16-41-26)30(38)24-9-3-4-10-25(24)33/h3-17,20,27-29H,18H2,1-2H3,(H,35,39)(H,36,40). The monoisotopic (exact) mass is 589 g/mol. The second kappa shape index (κ2) is 12.2. The van der Waals surface area contributed by atoms with E-state index in [4.69, 9.17) is 11.6 Å². The summed E-state index contributed by atoms with van der Waals surface area (Å²) in [4.78, 5) is 44.3. The summed E-state index contributed by atoms with van der Waals surface area (Å²) in [6.45, 7) is 3.89. The van der Waals surface area contributed by atoms with Gasteiger partial charge in [0.05, 0.1) is 17.0 Å². The number of halogens is 2. The number of carbonyl (C=O) groups is 3. The number of Topliss-reactive ketones (excluding diaryl/α,β-unsaturated/α-hetero) is 1. The minimum absolute atomic E-state index is 0.141. The van der Waals surface area contributed by atoms with Gasteiger partial charge in [0.2, 0.25) is 5.91 Å². The number of ketones is 1. The highest BCUT2D eigenvalue weighted by atomic mass is 35.5. The lowest BCUT2D eigenvalue weighted by atomic mass is 9.82. The maximum Gasteiger partial charge on any atom is 0.323 e. The molecule has 4 unspecified atom stereocenters. The quantitative estimate of drug-likeness (QED) is 0.223. The Kier molecular flexibility index (Phi) is 8.52. The van der Waals surface area contributed by atoms with Crippen LogP contribution in [0.4, 0.5) is 14.9 Å². The molecule has 9 heteroatoms. The highest BCUT2D eigenvalue weighted by Crippen LogP contribution is 2.48. The molecule has 6 nitrogen and oxygen atoms in total. The number of amides is 3. The molecule has 1 aromatic heterocycles. The van der Waals surface area contributed by atoms with E-state index < -0.39 is 35.9 Å². The zero-order valence-corrected chi connectivity index (χ0v) is 24.1. The SMILES string of the molecule is Cc1cccc(NC(=O)N2C(C(=O)NCc3ccc(F)cc3)C(C)C(C(=O)c3ccccc3Cl)C2c2cccs2)c1. The number of nitrogens with zero attached hydrogens (tertiary/aromatic N) is 1. The first kappa shape index (κ1) is 28.5. The lowest BCUT2D eigenvalue weighted by molar-refractivity contribution is -0.126. The Morgan fingerprint density at radius 1 is 0.976 bits per heavy atom. The van der Waals surface area contributed by atoms with E-state index in [9.17, 15) is 18.8 Å². The molecule has 4 atom stereocenters. The molecule has 2 N–H and O–H groups in total. The van der Waals surface area contributed by atoms with Crippen LogP contribution >= 0.6 is 22.9 Å². The fourth-order valence-electron chi connectivity index (χ4n) is 5.50. The summed E-state index contributed by atoms with van der Waals surface area (Å²) in [6, 6.07) is 21.6. The summed E-state index contributed by atoms with van der Waals surface area (Å²) in [5.74, 6) is -2.30. The molecular weight excluding hydrogens is 561 g/mol. The van der Waals surface area contributed by atoms with Gasteiger partial charge in [-0.3, -0.25) is 9.59 Å². The molecule has 3 amide bonds. The fourth-order valence-corrected chi connectivity index (χ4v) is 6.60. The highest BCUT2D eigenvalue weighted by molar-refractivity contribution is 7.10. The number of likely N-dealkylation sites (tertiary alicyclic amines) is 1. The van der Waals surface area contributed by atoms with Crippen LogP contribution in [0.25, 0.3) is 0 Å². The minimum atomic E-state index is -0.969. The van der Waals surface area contributed by atoms with Gasteiger partial charge in [-0.2, -0.15) is 0 Å². The van der Waals surface area contributed by atoms with Gasteiger partial charge in [-0.05, 0) is 71.8 Å².